The standard InChI is InChI=1S/C47H41N3/c1-45(2,3)32-19-22-35-31(24-32)27-47(42-26-33(46(4,5)6)20-23-37(35)42)40-17-10-9-15-36(40)38-21-18-30(25-41(38)47)43-48-28-49-44(50-43)39-16-11-13-29-12-7-8-14-34(29)39/h7-26,28H,27H2,1-6H3. The Morgan fingerprint density at radius 3 is 1.92 bits per heavy atom. The molecule has 1 spiro atoms. The first kappa shape index (κ1) is 30.6. The molecule has 7 aromatic rings. The van der Waals surface area contributed by atoms with Gasteiger partial charge in [-0.1, -0.05) is 157 Å². The minimum absolute atomic E-state index is 0.0122. The van der Waals surface area contributed by atoms with E-state index < -0.39 is 0 Å². The highest BCUT2D eigenvalue weighted by Gasteiger charge is 2.49. The van der Waals surface area contributed by atoms with Gasteiger partial charge < -0.3 is 0 Å². The van der Waals surface area contributed by atoms with E-state index in [9.17, 15) is 0 Å². The van der Waals surface area contributed by atoms with Crippen LogP contribution in [0.4, 0.5) is 0 Å². The van der Waals surface area contributed by atoms with Crippen molar-refractivity contribution in [3.05, 3.63) is 161 Å². The Bertz CT molecular complexity index is 2490. The summed E-state index contributed by atoms with van der Waals surface area (Å²) in [6, 6.07) is 45.1. The number of benzene rings is 6. The van der Waals surface area contributed by atoms with Crippen LogP contribution in [-0.2, 0) is 22.7 Å². The molecule has 50 heavy (non-hydrogen) atoms. The normalized spacial score (nSPS) is 16.2. The van der Waals surface area contributed by atoms with Gasteiger partial charge in [0.15, 0.2) is 11.6 Å². The molecule has 0 N–H and O–H groups in total. The SMILES string of the molecule is CC(C)(C)c1ccc2c(c1)CC1(c3cc(C(C)(C)C)ccc3-2)c2ccccc2-c2ccc(-c3ncnc(-c4cccc5ccccc45)n3)cc21. The van der Waals surface area contributed by atoms with Crippen LogP contribution >= 0.6 is 0 Å². The van der Waals surface area contributed by atoms with Crippen LogP contribution in [0.1, 0.15) is 74.9 Å². The van der Waals surface area contributed by atoms with Gasteiger partial charge in [-0.25, -0.2) is 15.0 Å². The average molecular weight is 648 g/mol. The van der Waals surface area contributed by atoms with Crippen LogP contribution in [0.15, 0.2) is 128 Å². The highest BCUT2D eigenvalue weighted by atomic mass is 15.0. The lowest BCUT2D eigenvalue weighted by atomic mass is 9.61. The van der Waals surface area contributed by atoms with Crippen LogP contribution in [-0.4, -0.2) is 15.0 Å². The lowest BCUT2D eigenvalue weighted by molar-refractivity contribution is 0.575. The Kier molecular flexibility index (Phi) is 6.61. The van der Waals surface area contributed by atoms with Crippen molar-refractivity contribution in [2.75, 3.05) is 0 Å². The molecule has 2 aliphatic rings. The van der Waals surface area contributed by atoms with Crippen LogP contribution in [0.2, 0.25) is 0 Å². The second kappa shape index (κ2) is 10.8. The van der Waals surface area contributed by atoms with Gasteiger partial charge in [-0.05, 0) is 89.7 Å². The second-order valence-electron chi connectivity index (χ2n) is 16.2. The zero-order valence-electron chi connectivity index (χ0n) is 29.7. The minimum Gasteiger partial charge on any atom is -0.217 e. The van der Waals surface area contributed by atoms with Gasteiger partial charge in [-0.3, -0.25) is 0 Å². The molecule has 0 bridgehead atoms. The molecule has 3 nitrogen and oxygen atoms in total. The van der Waals surface area contributed by atoms with Crippen LogP contribution in [0, 0.1) is 0 Å². The van der Waals surface area contributed by atoms with Gasteiger partial charge in [-0.15, -0.1) is 0 Å². The molecule has 6 aromatic carbocycles. The van der Waals surface area contributed by atoms with Gasteiger partial charge in [0.05, 0.1) is 5.41 Å². The fourth-order valence-corrected chi connectivity index (χ4v) is 8.42. The number of fused-ring (bicyclic) bond motifs is 10. The minimum atomic E-state index is -0.368. The van der Waals surface area contributed by atoms with Crippen molar-refractivity contribution in [3.63, 3.8) is 0 Å². The van der Waals surface area contributed by atoms with E-state index in [0.29, 0.717) is 11.6 Å². The Morgan fingerprint density at radius 1 is 0.500 bits per heavy atom. The first-order valence-corrected chi connectivity index (χ1v) is 17.7. The number of nitrogens with zero attached hydrogens (tertiary/aromatic N) is 3. The summed E-state index contributed by atoms with van der Waals surface area (Å²) in [4.78, 5) is 14.5. The average Bonchev–Trinajstić information content (AvgIpc) is 3.39. The van der Waals surface area contributed by atoms with Crippen molar-refractivity contribution >= 4 is 10.8 Å². The summed E-state index contributed by atoms with van der Waals surface area (Å²) in [6.07, 6.45) is 2.55. The lowest BCUT2D eigenvalue weighted by Gasteiger charge is -2.41. The molecule has 9 rings (SSSR count). The molecule has 3 heteroatoms. The Morgan fingerprint density at radius 2 is 1.10 bits per heavy atom. The fourth-order valence-electron chi connectivity index (χ4n) is 8.42. The smallest absolute Gasteiger partial charge is 0.163 e. The van der Waals surface area contributed by atoms with Crippen LogP contribution in [0.5, 0.6) is 0 Å². The van der Waals surface area contributed by atoms with E-state index in [0.717, 1.165) is 22.9 Å². The molecule has 0 saturated carbocycles. The lowest BCUT2D eigenvalue weighted by Crippen LogP contribution is -2.34. The number of rotatable bonds is 2. The van der Waals surface area contributed by atoms with Gasteiger partial charge in [0, 0.05) is 11.1 Å². The molecule has 0 radical (unpaired) electrons. The highest BCUT2D eigenvalue weighted by Crippen LogP contribution is 2.59. The molecule has 0 aliphatic heterocycles. The Balaban J connectivity index is 1.29. The molecule has 2 aliphatic carbocycles. The van der Waals surface area contributed by atoms with E-state index in [-0.39, 0.29) is 16.2 Å². The summed E-state index contributed by atoms with van der Waals surface area (Å²) in [7, 11) is 0. The molecule has 1 atom stereocenters. The van der Waals surface area contributed by atoms with E-state index in [4.69, 9.17) is 9.97 Å². The maximum absolute atomic E-state index is 5.11. The predicted octanol–water partition coefficient (Wildman–Crippen LogP) is 11.5. The number of hydrogen-bond donors (Lipinski definition) is 0. The van der Waals surface area contributed by atoms with Crippen molar-refractivity contribution in [2.45, 2.75) is 64.2 Å². The monoisotopic (exact) mass is 647 g/mol. The molecule has 0 fully saturated rings. The van der Waals surface area contributed by atoms with Crippen molar-refractivity contribution in [1.82, 2.24) is 15.0 Å². The fraction of sp³-hybridized carbons (Fsp3) is 0.213. The van der Waals surface area contributed by atoms with Gasteiger partial charge in [0.1, 0.15) is 6.33 Å². The Hall–Kier alpha value is -5.41. The van der Waals surface area contributed by atoms with Crippen LogP contribution in [0.25, 0.3) is 55.8 Å². The van der Waals surface area contributed by atoms with Crippen molar-refractivity contribution in [2.24, 2.45) is 0 Å². The van der Waals surface area contributed by atoms with E-state index in [1.165, 1.54) is 61.0 Å². The summed E-state index contributed by atoms with van der Waals surface area (Å²) in [5.74, 6) is 1.37. The quantitative estimate of drug-likeness (QED) is 0.187. The van der Waals surface area contributed by atoms with E-state index in [2.05, 4.69) is 168 Å². The largest absolute Gasteiger partial charge is 0.217 e. The Labute approximate surface area is 295 Å². The first-order valence-electron chi connectivity index (χ1n) is 17.7. The summed E-state index contributed by atoms with van der Waals surface area (Å²) >= 11 is 0. The highest BCUT2D eigenvalue weighted by molar-refractivity contribution is 5.95. The maximum atomic E-state index is 5.11. The van der Waals surface area contributed by atoms with Gasteiger partial charge in [0.25, 0.3) is 0 Å². The molecule has 0 saturated heterocycles. The molecule has 1 heterocycles. The second-order valence-corrected chi connectivity index (χ2v) is 16.2. The topological polar surface area (TPSA) is 38.7 Å². The van der Waals surface area contributed by atoms with Gasteiger partial charge >= 0.3 is 0 Å². The van der Waals surface area contributed by atoms with E-state index in [1.807, 2.05) is 0 Å². The third-order valence-corrected chi connectivity index (χ3v) is 11.1. The van der Waals surface area contributed by atoms with E-state index >= 15 is 0 Å². The molecule has 1 unspecified atom stereocenters. The maximum Gasteiger partial charge on any atom is 0.163 e. The summed E-state index contributed by atoms with van der Waals surface area (Å²) in [5, 5.41) is 2.31. The third-order valence-electron chi connectivity index (χ3n) is 11.1. The summed E-state index contributed by atoms with van der Waals surface area (Å²) < 4.78 is 0. The summed E-state index contributed by atoms with van der Waals surface area (Å²) in [6.45, 7) is 13.9. The molecule has 244 valence electrons. The van der Waals surface area contributed by atoms with Gasteiger partial charge in [-0.2, -0.15) is 0 Å². The molecular weight excluding hydrogens is 607 g/mol. The number of aromatic nitrogens is 3. The zero-order chi connectivity index (χ0) is 34.4. The summed E-state index contributed by atoms with van der Waals surface area (Å²) in [5.41, 5.74) is 15.2. The molecular formula is C47H41N3. The van der Waals surface area contributed by atoms with Crippen molar-refractivity contribution in [3.8, 4) is 45.0 Å². The number of hydrogen-bond acceptors (Lipinski definition) is 3. The molecule has 1 aromatic heterocycles. The van der Waals surface area contributed by atoms with Gasteiger partial charge in [0.2, 0.25) is 0 Å². The zero-order valence-corrected chi connectivity index (χ0v) is 29.7. The van der Waals surface area contributed by atoms with Crippen molar-refractivity contribution in [1.29, 1.82) is 0 Å². The first-order chi connectivity index (χ1) is 24.0. The van der Waals surface area contributed by atoms with Crippen molar-refractivity contribution < 1.29 is 0 Å². The molecule has 0 amide bonds. The van der Waals surface area contributed by atoms with E-state index in [1.54, 1.807) is 6.33 Å². The predicted molar refractivity (Wildman–Crippen MR) is 207 cm³/mol. The van der Waals surface area contributed by atoms with Crippen LogP contribution < -0.4 is 0 Å². The van der Waals surface area contributed by atoms with Crippen LogP contribution in [0.3, 0.4) is 0 Å². The third kappa shape index (κ3) is 4.60.